The van der Waals surface area contributed by atoms with E-state index in [1.807, 2.05) is 4.90 Å². The van der Waals surface area contributed by atoms with Crippen LogP contribution in [0.3, 0.4) is 0 Å². The lowest BCUT2D eigenvalue weighted by Gasteiger charge is -2.33. The summed E-state index contributed by atoms with van der Waals surface area (Å²) in [4.78, 5) is 30.7. The zero-order valence-corrected chi connectivity index (χ0v) is 15.6. The third-order valence-electron chi connectivity index (χ3n) is 4.77. The molecule has 2 amide bonds. The molecule has 8 nitrogen and oxygen atoms in total. The average molecular weight is 391 g/mol. The molecular weight excluding hydrogens is 370 g/mol. The van der Waals surface area contributed by atoms with Crippen molar-refractivity contribution in [3.63, 3.8) is 0 Å². The lowest BCUT2D eigenvalue weighted by molar-refractivity contribution is -0.136. The van der Waals surface area contributed by atoms with Crippen LogP contribution in [-0.4, -0.2) is 54.3 Å². The fourth-order valence-electron chi connectivity index (χ4n) is 3.35. The van der Waals surface area contributed by atoms with Crippen molar-refractivity contribution >= 4 is 28.3 Å². The Hall–Kier alpha value is -2.23. The summed E-state index contributed by atoms with van der Waals surface area (Å²) in [5, 5.41) is 4.92. The monoisotopic (exact) mass is 391 g/mol. The number of piperidine rings is 1. The van der Waals surface area contributed by atoms with Gasteiger partial charge in [0, 0.05) is 24.4 Å². The Labute approximate surface area is 160 Å². The van der Waals surface area contributed by atoms with E-state index in [4.69, 9.17) is 13.9 Å². The van der Waals surface area contributed by atoms with Crippen LogP contribution in [0.15, 0.2) is 28.2 Å². The molecule has 4 rings (SSSR count). The van der Waals surface area contributed by atoms with Gasteiger partial charge in [-0.15, -0.1) is 11.3 Å². The Morgan fingerprint density at radius 2 is 2.04 bits per heavy atom. The largest absolute Gasteiger partial charge is 0.459 e. The number of amides is 2. The van der Waals surface area contributed by atoms with Crippen LogP contribution in [0.4, 0.5) is 5.13 Å². The lowest BCUT2D eigenvalue weighted by Crippen LogP contribution is -2.42. The molecule has 1 N–H and O–H groups in total. The highest BCUT2D eigenvalue weighted by molar-refractivity contribution is 7.14. The van der Waals surface area contributed by atoms with E-state index >= 15 is 0 Å². The summed E-state index contributed by atoms with van der Waals surface area (Å²) in [6.07, 6.45) is 3.33. The van der Waals surface area contributed by atoms with Crippen LogP contribution in [0.1, 0.15) is 29.1 Å². The number of ether oxygens (including phenoxy) is 2. The smallest absolute Gasteiger partial charge is 0.293 e. The second-order valence-corrected chi connectivity index (χ2v) is 7.44. The van der Waals surface area contributed by atoms with Crippen molar-refractivity contribution in [2.75, 3.05) is 31.6 Å². The number of nitrogens with one attached hydrogen (secondary N) is 1. The van der Waals surface area contributed by atoms with Crippen molar-refractivity contribution in [1.82, 2.24) is 9.88 Å². The average Bonchev–Trinajstić information content (AvgIpc) is 3.44. The molecule has 0 bridgehead atoms. The van der Waals surface area contributed by atoms with E-state index in [1.54, 1.807) is 17.5 Å². The van der Waals surface area contributed by atoms with Gasteiger partial charge in [-0.25, -0.2) is 4.98 Å². The third kappa shape index (κ3) is 4.37. The maximum atomic E-state index is 12.5. The van der Waals surface area contributed by atoms with Crippen molar-refractivity contribution < 1.29 is 23.5 Å². The molecule has 2 aliphatic heterocycles. The van der Waals surface area contributed by atoms with Crippen molar-refractivity contribution in [2.24, 2.45) is 5.92 Å². The van der Waals surface area contributed by atoms with Gasteiger partial charge in [0.25, 0.3) is 5.91 Å². The van der Waals surface area contributed by atoms with Gasteiger partial charge in [-0.2, -0.15) is 0 Å². The number of anilines is 1. The normalized spacial score (nSPS) is 18.7. The van der Waals surface area contributed by atoms with Gasteiger partial charge in [0.15, 0.2) is 17.2 Å². The molecule has 4 heterocycles. The van der Waals surface area contributed by atoms with Crippen LogP contribution >= 0.6 is 11.3 Å². The van der Waals surface area contributed by atoms with Crippen molar-refractivity contribution in [3.05, 3.63) is 35.2 Å². The van der Waals surface area contributed by atoms with Gasteiger partial charge < -0.3 is 18.8 Å². The molecular formula is C18H21N3O5S. The van der Waals surface area contributed by atoms with E-state index in [1.165, 1.54) is 17.6 Å². The fraction of sp³-hybridized carbons (Fsp3) is 0.500. The summed E-state index contributed by atoms with van der Waals surface area (Å²) in [7, 11) is 0. The molecule has 2 aromatic rings. The maximum Gasteiger partial charge on any atom is 0.293 e. The van der Waals surface area contributed by atoms with E-state index in [0.717, 1.165) is 12.8 Å². The van der Waals surface area contributed by atoms with Crippen molar-refractivity contribution in [1.29, 1.82) is 0 Å². The topological polar surface area (TPSA) is 93.9 Å². The number of carbonyl (C=O) groups excluding carboxylic acids is 2. The van der Waals surface area contributed by atoms with Crippen LogP contribution in [0.2, 0.25) is 0 Å². The summed E-state index contributed by atoms with van der Waals surface area (Å²) in [6, 6.07) is 3.23. The van der Waals surface area contributed by atoms with E-state index in [0.29, 0.717) is 43.0 Å². The van der Waals surface area contributed by atoms with Gasteiger partial charge in [0.2, 0.25) is 5.91 Å². The van der Waals surface area contributed by atoms with Crippen LogP contribution < -0.4 is 5.32 Å². The number of hydrogen-bond acceptors (Lipinski definition) is 7. The number of furan rings is 1. The first-order chi connectivity index (χ1) is 13.2. The number of carbonyl (C=O) groups is 2. The van der Waals surface area contributed by atoms with Crippen molar-refractivity contribution in [2.45, 2.75) is 25.6 Å². The van der Waals surface area contributed by atoms with Crippen molar-refractivity contribution in [3.8, 4) is 0 Å². The summed E-state index contributed by atoms with van der Waals surface area (Å²) in [5.74, 6) is 0.279. The van der Waals surface area contributed by atoms with Crippen LogP contribution in [-0.2, 0) is 20.7 Å². The lowest BCUT2D eigenvalue weighted by atomic mass is 9.96. The molecule has 144 valence electrons. The molecule has 0 aromatic carbocycles. The molecule has 0 unspecified atom stereocenters. The Morgan fingerprint density at radius 3 is 2.74 bits per heavy atom. The zero-order valence-electron chi connectivity index (χ0n) is 14.8. The van der Waals surface area contributed by atoms with Gasteiger partial charge >= 0.3 is 0 Å². The first-order valence-electron chi connectivity index (χ1n) is 8.99. The summed E-state index contributed by atoms with van der Waals surface area (Å²) in [6.45, 7) is 2.73. The van der Waals surface area contributed by atoms with Gasteiger partial charge in [-0.05, 0) is 25.0 Å². The van der Waals surface area contributed by atoms with Gasteiger partial charge in [0.1, 0.15) is 0 Å². The second-order valence-electron chi connectivity index (χ2n) is 6.58. The Kier molecular flexibility index (Phi) is 5.51. The number of rotatable bonds is 5. The molecule has 0 radical (unpaired) electrons. The number of aromatic nitrogens is 1. The standard InChI is InChI=1S/C18H21N3O5S/c22-15(21-5-3-12(4-6-21)17-25-8-9-26-17)10-13-11-27-18(19-13)20-16(23)14-2-1-7-24-14/h1-2,7,11-12,17H,3-6,8-10H2,(H,19,20,23). The first kappa shape index (κ1) is 18.1. The predicted octanol–water partition coefficient (Wildman–Crippen LogP) is 2.14. The van der Waals surface area contributed by atoms with E-state index in [9.17, 15) is 9.59 Å². The molecule has 27 heavy (non-hydrogen) atoms. The number of nitrogens with zero attached hydrogens (tertiary/aromatic N) is 2. The SMILES string of the molecule is O=C(Nc1nc(CC(=O)N2CCC(C3OCCO3)CC2)cs1)c1ccco1. The molecule has 9 heteroatoms. The Bertz CT molecular complexity index is 777. The number of hydrogen-bond donors (Lipinski definition) is 1. The predicted molar refractivity (Wildman–Crippen MR) is 97.5 cm³/mol. The molecule has 0 aliphatic carbocycles. The molecule has 2 fully saturated rings. The van der Waals surface area contributed by atoms with Crippen LogP contribution in [0.25, 0.3) is 0 Å². The van der Waals surface area contributed by atoms with Gasteiger partial charge in [-0.1, -0.05) is 0 Å². The summed E-state index contributed by atoms with van der Waals surface area (Å²) >= 11 is 1.29. The summed E-state index contributed by atoms with van der Waals surface area (Å²) < 4.78 is 16.2. The zero-order chi connectivity index (χ0) is 18.6. The number of likely N-dealkylation sites (tertiary alicyclic amines) is 1. The molecule has 0 saturated carbocycles. The first-order valence-corrected chi connectivity index (χ1v) is 9.87. The Morgan fingerprint density at radius 1 is 1.26 bits per heavy atom. The highest BCUT2D eigenvalue weighted by Crippen LogP contribution is 2.26. The van der Waals surface area contributed by atoms with E-state index in [2.05, 4.69) is 10.3 Å². The van der Waals surface area contributed by atoms with Crippen LogP contribution in [0, 0.1) is 5.92 Å². The highest BCUT2D eigenvalue weighted by atomic mass is 32.1. The molecule has 2 aromatic heterocycles. The number of thiazole rings is 1. The minimum Gasteiger partial charge on any atom is -0.459 e. The van der Waals surface area contributed by atoms with Crippen LogP contribution in [0.5, 0.6) is 0 Å². The maximum absolute atomic E-state index is 12.5. The molecule has 0 atom stereocenters. The minimum absolute atomic E-state index is 0.0518. The minimum atomic E-state index is -0.356. The molecule has 2 saturated heterocycles. The fourth-order valence-corrected chi connectivity index (χ4v) is 4.05. The van der Waals surface area contributed by atoms with Gasteiger partial charge in [0.05, 0.1) is 31.6 Å². The second kappa shape index (κ2) is 8.20. The van der Waals surface area contributed by atoms with E-state index in [-0.39, 0.29) is 30.3 Å². The quantitative estimate of drug-likeness (QED) is 0.839. The summed E-state index contributed by atoms with van der Waals surface area (Å²) in [5.41, 5.74) is 0.657. The third-order valence-corrected chi connectivity index (χ3v) is 5.58. The molecule has 0 spiro atoms. The van der Waals surface area contributed by atoms with Gasteiger partial charge in [-0.3, -0.25) is 14.9 Å². The Balaban J connectivity index is 1.26. The highest BCUT2D eigenvalue weighted by Gasteiger charge is 2.31. The van der Waals surface area contributed by atoms with E-state index < -0.39 is 0 Å². The molecule has 2 aliphatic rings.